The number of hydrogen-bond acceptors (Lipinski definition) is 4. The highest BCUT2D eigenvalue weighted by molar-refractivity contribution is 5.55. The Labute approximate surface area is 118 Å². The summed E-state index contributed by atoms with van der Waals surface area (Å²) in [5.74, 6) is 0.374. The van der Waals surface area contributed by atoms with Gasteiger partial charge >= 0.3 is 0 Å². The maximum absolute atomic E-state index is 10.5. The fraction of sp³-hybridized carbons (Fsp3) is 0.500. The number of rotatable bonds is 4. The van der Waals surface area contributed by atoms with Crippen molar-refractivity contribution >= 4 is 17.8 Å². The zero-order chi connectivity index (χ0) is 14.4. The molecule has 2 unspecified atom stereocenters. The number of nitrogens with zero attached hydrogens (tertiary/aromatic N) is 2. The van der Waals surface area contributed by atoms with Crippen molar-refractivity contribution in [3.63, 3.8) is 0 Å². The Bertz CT molecular complexity index is 570. The number of carbonyl (C=O) groups excluding carboxylic acids is 2. The van der Waals surface area contributed by atoms with E-state index >= 15 is 0 Å². The second kappa shape index (κ2) is 6.95. The monoisotopic (exact) mass is 270 g/mol. The molecule has 1 fully saturated rings. The Kier molecular flexibility index (Phi) is 5.00. The van der Waals surface area contributed by atoms with Gasteiger partial charge in [-0.05, 0) is 49.3 Å². The van der Waals surface area contributed by atoms with Gasteiger partial charge < -0.3 is 0 Å². The van der Waals surface area contributed by atoms with Gasteiger partial charge in [0.1, 0.15) is 0 Å². The van der Waals surface area contributed by atoms with Crippen LogP contribution < -0.4 is 0 Å². The Morgan fingerprint density at radius 2 is 2.00 bits per heavy atom. The lowest BCUT2D eigenvalue weighted by Crippen LogP contribution is -2.25. The smallest absolute Gasteiger partial charge is 0.211 e. The first-order valence-corrected chi connectivity index (χ1v) is 6.99. The van der Waals surface area contributed by atoms with E-state index in [1.54, 1.807) is 12.2 Å². The molecule has 1 aliphatic carbocycles. The summed E-state index contributed by atoms with van der Waals surface area (Å²) in [5, 5.41) is 0. The zero-order valence-electron chi connectivity index (χ0n) is 11.6. The van der Waals surface area contributed by atoms with Crippen molar-refractivity contribution in [1.29, 1.82) is 0 Å². The molecule has 4 nitrogen and oxygen atoms in total. The largest absolute Gasteiger partial charge is 0.240 e. The van der Waals surface area contributed by atoms with E-state index in [2.05, 4.69) is 16.1 Å². The van der Waals surface area contributed by atoms with E-state index in [-0.39, 0.29) is 6.04 Å². The van der Waals surface area contributed by atoms with Crippen LogP contribution in [0.4, 0.5) is 5.69 Å². The maximum atomic E-state index is 10.5. The third kappa shape index (κ3) is 3.30. The van der Waals surface area contributed by atoms with Gasteiger partial charge in [0.15, 0.2) is 0 Å². The van der Waals surface area contributed by atoms with Gasteiger partial charge in [-0.2, -0.15) is 4.99 Å². The molecule has 0 radical (unpaired) electrons. The van der Waals surface area contributed by atoms with Gasteiger partial charge in [0.05, 0.1) is 11.7 Å². The minimum atomic E-state index is 0.0823. The molecule has 1 saturated carbocycles. The van der Waals surface area contributed by atoms with Crippen LogP contribution >= 0.6 is 0 Å². The van der Waals surface area contributed by atoms with Crippen LogP contribution in [0.25, 0.3) is 0 Å². The Morgan fingerprint density at radius 1 is 1.20 bits per heavy atom. The predicted molar refractivity (Wildman–Crippen MR) is 76.5 cm³/mol. The average Bonchev–Trinajstić information content (AvgIpc) is 2.46. The fourth-order valence-electron chi connectivity index (χ4n) is 3.01. The standard InChI is InChI=1S/C16H18N2O2/c1-12-13(6-4-8-15(12)17-10-19)9-14-5-2-3-7-16(14)18-11-20/h4,6,8,14,16H,2-3,5,7,9H2,1H3. The Hall–Kier alpha value is -2.02. The van der Waals surface area contributed by atoms with Crippen LogP contribution in [0, 0.1) is 12.8 Å². The molecule has 104 valence electrons. The van der Waals surface area contributed by atoms with Crippen LogP contribution in [0.2, 0.25) is 0 Å². The summed E-state index contributed by atoms with van der Waals surface area (Å²) in [6.07, 6.45) is 8.51. The van der Waals surface area contributed by atoms with Crippen molar-refractivity contribution in [3.05, 3.63) is 29.3 Å². The van der Waals surface area contributed by atoms with Crippen molar-refractivity contribution in [1.82, 2.24) is 0 Å². The molecule has 0 amide bonds. The molecule has 1 aromatic carbocycles. The van der Waals surface area contributed by atoms with Gasteiger partial charge in [0.25, 0.3) is 0 Å². The molecule has 0 heterocycles. The molecule has 0 aromatic heterocycles. The molecule has 0 aliphatic heterocycles. The summed E-state index contributed by atoms with van der Waals surface area (Å²) < 4.78 is 0. The van der Waals surface area contributed by atoms with E-state index in [1.165, 1.54) is 12.0 Å². The maximum Gasteiger partial charge on any atom is 0.240 e. The lowest BCUT2D eigenvalue weighted by Gasteiger charge is -2.28. The molecule has 2 atom stereocenters. The normalized spacial score (nSPS) is 21.6. The summed E-state index contributed by atoms with van der Waals surface area (Å²) in [7, 11) is 0. The SMILES string of the molecule is Cc1c(CC2CCCCC2N=C=O)cccc1N=C=O. The van der Waals surface area contributed by atoms with Crippen LogP contribution in [0.3, 0.4) is 0 Å². The highest BCUT2D eigenvalue weighted by atomic mass is 16.1. The van der Waals surface area contributed by atoms with Crippen molar-refractivity contribution in [2.45, 2.75) is 45.1 Å². The van der Waals surface area contributed by atoms with Gasteiger partial charge in [-0.3, -0.25) is 0 Å². The van der Waals surface area contributed by atoms with Crippen LogP contribution in [0.1, 0.15) is 36.8 Å². The summed E-state index contributed by atoms with van der Waals surface area (Å²) >= 11 is 0. The first-order chi connectivity index (χ1) is 9.76. The molecule has 0 N–H and O–H groups in total. The average molecular weight is 270 g/mol. The lowest BCUT2D eigenvalue weighted by atomic mass is 9.80. The molecular weight excluding hydrogens is 252 g/mol. The molecule has 20 heavy (non-hydrogen) atoms. The number of aliphatic imine (C=N–C) groups is 2. The molecule has 1 aliphatic rings. The van der Waals surface area contributed by atoms with E-state index in [4.69, 9.17) is 0 Å². The highest BCUT2D eigenvalue weighted by Crippen LogP contribution is 2.32. The molecular formula is C16H18N2O2. The topological polar surface area (TPSA) is 58.9 Å². The van der Waals surface area contributed by atoms with Crippen molar-refractivity contribution < 1.29 is 9.59 Å². The van der Waals surface area contributed by atoms with Crippen LogP contribution in [-0.2, 0) is 16.0 Å². The predicted octanol–water partition coefficient (Wildman–Crippen LogP) is 3.40. The first kappa shape index (κ1) is 14.4. The Morgan fingerprint density at radius 3 is 2.75 bits per heavy atom. The van der Waals surface area contributed by atoms with Gasteiger partial charge in [-0.25, -0.2) is 14.6 Å². The Balaban J connectivity index is 2.22. The minimum Gasteiger partial charge on any atom is -0.211 e. The molecule has 2 rings (SSSR count). The zero-order valence-corrected chi connectivity index (χ0v) is 11.6. The van der Waals surface area contributed by atoms with Crippen LogP contribution in [-0.4, -0.2) is 18.2 Å². The summed E-state index contributed by atoms with van der Waals surface area (Å²) in [5.41, 5.74) is 2.85. The van der Waals surface area contributed by atoms with Gasteiger partial charge in [-0.15, -0.1) is 0 Å². The number of hydrogen-bond donors (Lipinski definition) is 0. The van der Waals surface area contributed by atoms with E-state index in [9.17, 15) is 9.59 Å². The fourth-order valence-corrected chi connectivity index (χ4v) is 3.01. The molecule has 4 heteroatoms. The minimum absolute atomic E-state index is 0.0823. The summed E-state index contributed by atoms with van der Waals surface area (Å²) in [6, 6.07) is 5.85. The van der Waals surface area contributed by atoms with Crippen molar-refractivity contribution in [2.24, 2.45) is 15.9 Å². The quantitative estimate of drug-likeness (QED) is 0.622. The molecule has 0 bridgehead atoms. The number of benzene rings is 1. The van der Waals surface area contributed by atoms with E-state index in [0.717, 1.165) is 31.2 Å². The molecule has 0 spiro atoms. The first-order valence-electron chi connectivity index (χ1n) is 6.99. The van der Waals surface area contributed by atoms with Crippen molar-refractivity contribution in [2.75, 3.05) is 0 Å². The second-order valence-electron chi connectivity index (χ2n) is 5.30. The third-order valence-corrected chi connectivity index (χ3v) is 4.15. The summed E-state index contributed by atoms with van der Waals surface area (Å²) in [6.45, 7) is 1.96. The highest BCUT2D eigenvalue weighted by Gasteiger charge is 2.25. The third-order valence-electron chi connectivity index (χ3n) is 4.15. The van der Waals surface area contributed by atoms with E-state index < -0.39 is 0 Å². The summed E-state index contributed by atoms with van der Waals surface area (Å²) in [4.78, 5) is 28.6. The van der Waals surface area contributed by atoms with E-state index in [1.807, 2.05) is 19.1 Å². The molecule has 0 saturated heterocycles. The van der Waals surface area contributed by atoms with Gasteiger partial charge in [0.2, 0.25) is 12.2 Å². The van der Waals surface area contributed by atoms with E-state index in [0.29, 0.717) is 11.6 Å². The van der Waals surface area contributed by atoms with Gasteiger partial charge in [0, 0.05) is 0 Å². The van der Waals surface area contributed by atoms with Crippen molar-refractivity contribution in [3.8, 4) is 0 Å². The number of isocyanates is 2. The van der Waals surface area contributed by atoms with Gasteiger partial charge in [-0.1, -0.05) is 25.0 Å². The molecule has 1 aromatic rings. The lowest BCUT2D eigenvalue weighted by molar-refractivity contribution is 0.307. The van der Waals surface area contributed by atoms with Crippen LogP contribution in [0.5, 0.6) is 0 Å². The second-order valence-corrected chi connectivity index (χ2v) is 5.30. The van der Waals surface area contributed by atoms with Crippen LogP contribution in [0.15, 0.2) is 28.2 Å².